The van der Waals surface area contributed by atoms with Crippen LogP contribution >= 0.6 is 0 Å². The number of benzene rings is 2. The second-order valence-electron chi connectivity index (χ2n) is 6.58. The van der Waals surface area contributed by atoms with Gasteiger partial charge in [-0.15, -0.1) is 0 Å². The van der Waals surface area contributed by atoms with E-state index >= 15 is 0 Å². The van der Waals surface area contributed by atoms with E-state index in [4.69, 9.17) is 4.84 Å². The summed E-state index contributed by atoms with van der Waals surface area (Å²) < 4.78 is 5.76. The molecule has 1 aliphatic rings. The molecule has 0 saturated heterocycles. The molecule has 0 aliphatic carbocycles. The van der Waals surface area contributed by atoms with Gasteiger partial charge < -0.3 is 9.57 Å². The van der Waals surface area contributed by atoms with Crippen molar-refractivity contribution in [3.63, 3.8) is 0 Å². The van der Waals surface area contributed by atoms with Crippen LogP contribution in [-0.4, -0.2) is 45.7 Å². The Labute approximate surface area is 174 Å². The standard InChI is InChI=1S/C21H15N3O7/c1-30-18(26)11-13-10-17(25)23(22-13)14-8-6-12(7-9-14)21(29)31-24-19(27)15-4-2-3-5-16(15)20(24)28/h2-10,22H,11H2,1H3. The molecule has 10 nitrogen and oxygen atoms in total. The number of H-pyrrole nitrogens is 1. The monoisotopic (exact) mass is 421 g/mol. The first-order valence-electron chi connectivity index (χ1n) is 9.07. The summed E-state index contributed by atoms with van der Waals surface area (Å²) in [6, 6.07) is 13.1. The highest BCUT2D eigenvalue weighted by Crippen LogP contribution is 2.23. The molecule has 3 aromatic rings. The minimum Gasteiger partial charge on any atom is -0.469 e. The lowest BCUT2D eigenvalue weighted by molar-refractivity contribution is -0.139. The molecule has 0 atom stereocenters. The van der Waals surface area contributed by atoms with Crippen LogP contribution in [0.25, 0.3) is 5.69 Å². The lowest BCUT2D eigenvalue weighted by Crippen LogP contribution is -2.32. The molecule has 0 unspecified atom stereocenters. The molecule has 0 radical (unpaired) electrons. The smallest absolute Gasteiger partial charge is 0.363 e. The summed E-state index contributed by atoms with van der Waals surface area (Å²) in [6.45, 7) is 0. The third-order valence-electron chi connectivity index (χ3n) is 4.63. The molecular formula is C21H15N3O7. The van der Waals surface area contributed by atoms with Gasteiger partial charge in [-0.1, -0.05) is 17.2 Å². The van der Waals surface area contributed by atoms with Crippen molar-refractivity contribution in [2.45, 2.75) is 6.42 Å². The summed E-state index contributed by atoms with van der Waals surface area (Å²) in [5.74, 6) is -2.85. The van der Waals surface area contributed by atoms with E-state index in [1.807, 2.05) is 0 Å². The number of esters is 1. The summed E-state index contributed by atoms with van der Waals surface area (Å²) in [6.07, 6.45) is -0.0938. The molecule has 2 heterocycles. The minimum atomic E-state index is -0.911. The second-order valence-corrected chi connectivity index (χ2v) is 6.58. The van der Waals surface area contributed by atoms with Gasteiger partial charge in [0.15, 0.2) is 0 Å². The number of aromatic nitrogens is 2. The van der Waals surface area contributed by atoms with Gasteiger partial charge in [0.25, 0.3) is 17.4 Å². The fourth-order valence-electron chi connectivity index (χ4n) is 3.09. The van der Waals surface area contributed by atoms with Crippen LogP contribution in [0.5, 0.6) is 0 Å². The van der Waals surface area contributed by atoms with Crippen LogP contribution in [0, 0.1) is 0 Å². The lowest BCUT2D eigenvalue weighted by Gasteiger charge is -2.12. The van der Waals surface area contributed by atoms with E-state index in [0.29, 0.717) is 16.4 Å². The van der Waals surface area contributed by atoms with Gasteiger partial charge >= 0.3 is 11.9 Å². The molecule has 1 N–H and O–H groups in total. The average molecular weight is 421 g/mol. The summed E-state index contributed by atoms with van der Waals surface area (Å²) in [4.78, 5) is 65.5. The van der Waals surface area contributed by atoms with Gasteiger partial charge in [0, 0.05) is 11.8 Å². The number of nitrogens with zero attached hydrogens (tertiary/aromatic N) is 2. The first kappa shape index (κ1) is 19.8. The molecule has 0 spiro atoms. The lowest BCUT2D eigenvalue weighted by atomic mass is 10.1. The van der Waals surface area contributed by atoms with E-state index in [2.05, 4.69) is 9.84 Å². The van der Waals surface area contributed by atoms with Crippen molar-refractivity contribution < 1.29 is 28.8 Å². The number of ether oxygens (including phenoxy) is 1. The van der Waals surface area contributed by atoms with Crippen LogP contribution in [0.15, 0.2) is 59.4 Å². The van der Waals surface area contributed by atoms with E-state index in [1.54, 1.807) is 12.1 Å². The zero-order chi connectivity index (χ0) is 22.1. The minimum absolute atomic E-state index is 0.0645. The molecular weight excluding hydrogens is 406 g/mol. The number of aromatic amines is 1. The summed E-state index contributed by atoms with van der Waals surface area (Å²) in [7, 11) is 1.25. The molecule has 0 bridgehead atoms. The largest absolute Gasteiger partial charge is 0.469 e. The number of amides is 2. The van der Waals surface area contributed by atoms with Crippen molar-refractivity contribution in [3.8, 4) is 5.69 Å². The number of nitrogens with one attached hydrogen (secondary N) is 1. The molecule has 10 heteroatoms. The van der Waals surface area contributed by atoms with Crippen molar-refractivity contribution in [2.75, 3.05) is 7.11 Å². The Morgan fingerprint density at radius 2 is 1.55 bits per heavy atom. The highest BCUT2D eigenvalue weighted by atomic mass is 16.7. The van der Waals surface area contributed by atoms with Crippen LogP contribution in [0.1, 0.15) is 36.8 Å². The van der Waals surface area contributed by atoms with Crippen LogP contribution in [0.4, 0.5) is 0 Å². The Bertz CT molecular complexity index is 1240. The zero-order valence-corrected chi connectivity index (χ0v) is 16.2. The van der Waals surface area contributed by atoms with Crippen molar-refractivity contribution in [3.05, 3.63) is 87.3 Å². The normalized spacial score (nSPS) is 12.6. The van der Waals surface area contributed by atoms with Crippen molar-refractivity contribution in [1.29, 1.82) is 0 Å². The van der Waals surface area contributed by atoms with E-state index in [0.717, 1.165) is 0 Å². The molecule has 1 aliphatic heterocycles. The molecule has 0 fully saturated rings. The van der Waals surface area contributed by atoms with Gasteiger partial charge in [-0.3, -0.25) is 24.3 Å². The second kappa shape index (κ2) is 7.75. The third kappa shape index (κ3) is 3.62. The Morgan fingerprint density at radius 3 is 2.13 bits per heavy atom. The van der Waals surface area contributed by atoms with Crippen LogP contribution in [0.2, 0.25) is 0 Å². The molecule has 4 rings (SSSR count). The van der Waals surface area contributed by atoms with Gasteiger partial charge in [-0.25, -0.2) is 9.48 Å². The molecule has 2 aromatic carbocycles. The number of hydrogen-bond donors (Lipinski definition) is 1. The number of hydrogen-bond acceptors (Lipinski definition) is 7. The number of hydroxylamine groups is 2. The fourth-order valence-corrected chi connectivity index (χ4v) is 3.09. The first-order chi connectivity index (χ1) is 14.9. The number of rotatable bonds is 5. The topological polar surface area (TPSA) is 128 Å². The van der Waals surface area contributed by atoms with Crippen molar-refractivity contribution >= 4 is 23.8 Å². The van der Waals surface area contributed by atoms with E-state index < -0.39 is 29.3 Å². The Hall–Kier alpha value is -4.47. The number of fused-ring (bicyclic) bond motifs is 1. The molecule has 156 valence electrons. The quantitative estimate of drug-likeness (QED) is 0.485. The predicted molar refractivity (Wildman–Crippen MR) is 104 cm³/mol. The number of carbonyl (C=O) groups excluding carboxylic acids is 4. The predicted octanol–water partition coefficient (Wildman–Crippen LogP) is 1.25. The molecule has 2 amide bonds. The Kier molecular flexibility index (Phi) is 4.96. The number of carbonyl (C=O) groups is 4. The highest BCUT2D eigenvalue weighted by molar-refractivity contribution is 6.21. The number of imide groups is 1. The maximum absolute atomic E-state index is 12.4. The first-order valence-corrected chi connectivity index (χ1v) is 9.07. The van der Waals surface area contributed by atoms with E-state index in [-0.39, 0.29) is 23.1 Å². The van der Waals surface area contributed by atoms with Crippen LogP contribution < -0.4 is 5.56 Å². The maximum atomic E-state index is 12.4. The third-order valence-corrected chi connectivity index (χ3v) is 4.63. The average Bonchev–Trinajstić information content (AvgIpc) is 3.26. The number of methoxy groups -OCH3 is 1. The van der Waals surface area contributed by atoms with E-state index in [9.17, 15) is 24.0 Å². The van der Waals surface area contributed by atoms with Gasteiger partial charge in [0.2, 0.25) is 0 Å². The van der Waals surface area contributed by atoms with E-state index in [1.165, 1.54) is 54.3 Å². The maximum Gasteiger partial charge on any atom is 0.363 e. The summed E-state index contributed by atoms with van der Waals surface area (Å²) in [5.41, 5.74) is 0.744. The Balaban J connectivity index is 1.50. The molecule has 1 aromatic heterocycles. The zero-order valence-electron chi connectivity index (χ0n) is 16.2. The van der Waals surface area contributed by atoms with Gasteiger partial charge in [0.1, 0.15) is 0 Å². The molecule has 31 heavy (non-hydrogen) atoms. The summed E-state index contributed by atoms with van der Waals surface area (Å²) >= 11 is 0. The van der Waals surface area contributed by atoms with Crippen molar-refractivity contribution in [2.24, 2.45) is 0 Å². The van der Waals surface area contributed by atoms with Crippen LogP contribution in [0.3, 0.4) is 0 Å². The van der Waals surface area contributed by atoms with Gasteiger partial charge in [0.05, 0.1) is 35.9 Å². The fraction of sp³-hybridized carbons (Fsp3) is 0.0952. The summed E-state index contributed by atoms with van der Waals surface area (Å²) in [5, 5.41) is 3.21. The Morgan fingerprint density at radius 1 is 0.935 bits per heavy atom. The van der Waals surface area contributed by atoms with Crippen molar-refractivity contribution in [1.82, 2.24) is 14.8 Å². The van der Waals surface area contributed by atoms with Gasteiger partial charge in [-0.05, 0) is 36.4 Å². The highest BCUT2D eigenvalue weighted by Gasteiger charge is 2.38. The molecule has 0 saturated carbocycles. The SMILES string of the molecule is COC(=O)Cc1cc(=O)n(-c2ccc(C(=O)ON3C(=O)c4ccccc4C3=O)cc2)[nH]1. The van der Waals surface area contributed by atoms with Gasteiger partial charge in [-0.2, -0.15) is 0 Å². The van der Waals surface area contributed by atoms with Crippen LogP contribution in [-0.2, 0) is 20.8 Å².